The van der Waals surface area contributed by atoms with E-state index in [1.807, 2.05) is 0 Å². The molecule has 3 aromatic rings. The molecule has 0 atom stereocenters. The van der Waals surface area contributed by atoms with Gasteiger partial charge in [-0.3, -0.25) is 9.59 Å². The van der Waals surface area contributed by atoms with E-state index >= 15 is 0 Å². The topological polar surface area (TPSA) is 84.7 Å². The molecule has 1 amide bonds. The molecule has 0 aliphatic carbocycles. The van der Waals surface area contributed by atoms with Crippen LogP contribution in [0.1, 0.15) is 29.3 Å². The number of ether oxygens (including phenoxy) is 1. The summed E-state index contributed by atoms with van der Waals surface area (Å²) in [6.07, 6.45) is -3.26. The van der Waals surface area contributed by atoms with Crippen molar-refractivity contribution in [1.82, 2.24) is 14.5 Å². The van der Waals surface area contributed by atoms with E-state index in [1.165, 1.54) is 18.1 Å². The second-order valence-corrected chi connectivity index (χ2v) is 7.60. The number of carbonyl (C=O) groups excluding carboxylic acids is 1. The summed E-state index contributed by atoms with van der Waals surface area (Å²) >= 11 is 0. The number of halogens is 3. The molecule has 1 N–H and O–H groups in total. The summed E-state index contributed by atoms with van der Waals surface area (Å²) in [5.74, 6) is -1.40. The largest absolute Gasteiger partial charge is 0.481 e. The Morgan fingerprint density at radius 2 is 1.91 bits per heavy atom. The van der Waals surface area contributed by atoms with Gasteiger partial charge < -0.3 is 19.3 Å². The maximum atomic E-state index is 13.5. The van der Waals surface area contributed by atoms with Crippen molar-refractivity contribution in [3.63, 3.8) is 0 Å². The first kappa shape index (κ1) is 24.2. The maximum absolute atomic E-state index is 13.5. The number of benzene rings is 1. The summed E-state index contributed by atoms with van der Waals surface area (Å²) in [6, 6.07) is 6.78. The summed E-state index contributed by atoms with van der Waals surface area (Å²) in [5, 5.41) is 9.89. The Bertz CT molecular complexity index is 1190. The van der Waals surface area contributed by atoms with Crippen molar-refractivity contribution in [3.05, 3.63) is 58.9 Å². The van der Waals surface area contributed by atoms with Crippen LogP contribution in [0.2, 0.25) is 0 Å². The van der Waals surface area contributed by atoms with Crippen molar-refractivity contribution >= 4 is 22.9 Å². The minimum Gasteiger partial charge on any atom is -0.481 e. The highest BCUT2D eigenvalue weighted by molar-refractivity contribution is 5.86. The van der Waals surface area contributed by atoms with E-state index in [-0.39, 0.29) is 37.6 Å². The number of carboxylic acids is 1. The molecule has 0 saturated heterocycles. The molecular formula is C23H24F3N3O4. The summed E-state index contributed by atoms with van der Waals surface area (Å²) in [7, 11) is 1.37. The van der Waals surface area contributed by atoms with E-state index in [2.05, 4.69) is 4.98 Å². The van der Waals surface area contributed by atoms with Crippen LogP contribution in [0.4, 0.5) is 13.2 Å². The van der Waals surface area contributed by atoms with Crippen molar-refractivity contribution in [2.24, 2.45) is 0 Å². The highest BCUT2D eigenvalue weighted by Gasteiger charge is 2.31. The number of pyridine rings is 1. The molecule has 10 heteroatoms. The Morgan fingerprint density at radius 1 is 1.18 bits per heavy atom. The molecule has 1 aromatic carbocycles. The highest BCUT2D eigenvalue weighted by atomic mass is 19.4. The standard InChI is InChI=1S/C23H24F3N3O4/c1-4-28(20(30)13-33-3)11-16-9-17(23(24,25)26)6-8-19(16)29-12-15(10-21(31)32)18-7-5-14(2)27-22(18)29/h5-9,12H,4,10-11,13H2,1-3H3,(H,31,32). The first-order chi connectivity index (χ1) is 15.5. The van der Waals surface area contributed by atoms with Crippen molar-refractivity contribution in [2.45, 2.75) is 33.0 Å². The number of methoxy groups -OCH3 is 1. The molecule has 0 spiro atoms. The molecule has 2 heterocycles. The third-order valence-corrected chi connectivity index (χ3v) is 5.24. The Hall–Kier alpha value is -3.40. The number of alkyl halides is 3. The van der Waals surface area contributed by atoms with Crippen LogP contribution in [0, 0.1) is 6.92 Å². The Morgan fingerprint density at radius 3 is 2.52 bits per heavy atom. The molecule has 0 bridgehead atoms. The molecule has 3 rings (SSSR count). The van der Waals surface area contributed by atoms with Gasteiger partial charge in [-0.25, -0.2) is 4.98 Å². The number of likely N-dealkylation sites (N-methyl/N-ethyl adjacent to an activating group) is 1. The summed E-state index contributed by atoms with van der Waals surface area (Å²) in [4.78, 5) is 29.6. The first-order valence-corrected chi connectivity index (χ1v) is 10.2. The zero-order valence-electron chi connectivity index (χ0n) is 18.4. The SMILES string of the molecule is CCN(Cc1cc(C(F)(F)F)ccc1-n1cc(CC(=O)O)c2ccc(C)nc21)C(=O)COC. The van der Waals surface area contributed by atoms with Gasteiger partial charge in [0.25, 0.3) is 0 Å². The van der Waals surface area contributed by atoms with Crippen LogP contribution < -0.4 is 0 Å². The van der Waals surface area contributed by atoms with Crippen molar-refractivity contribution in [3.8, 4) is 5.69 Å². The lowest BCUT2D eigenvalue weighted by Gasteiger charge is -2.23. The van der Waals surface area contributed by atoms with Crippen molar-refractivity contribution in [1.29, 1.82) is 0 Å². The van der Waals surface area contributed by atoms with E-state index in [9.17, 15) is 27.9 Å². The fraction of sp³-hybridized carbons (Fsp3) is 0.348. The lowest BCUT2D eigenvalue weighted by atomic mass is 10.1. The van der Waals surface area contributed by atoms with Gasteiger partial charge in [-0.2, -0.15) is 13.2 Å². The van der Waals surface area contributed by atoms with E-state index in [0.717, 1.165) is 12.1 Å². The van der Waals surface area contributed by atoms with Crippen molar-refractivity contribution < 1.29 is 32.6 Å². The average molecular weight is 463 g/mol. The van der Waals surface area contributed by atoms with Gasteiger partial charge in [0.2, 0.25) is 5.91 Å². The third kappa shape index (κ3) is 5.33. The van der Waals surface area contributed by atoms with Gasteiger partial charge in [0, 0.05) is 37.5 Å². The number of rotatable bonds is 8. The monoisotopic (exact) mass is 463 g/mol. The molecule has 176 valence electrons. The van der Waals surface area contributed by atoms with Gasteiger partial charge in [-0.1, -0.05) is 0 Å². The van der Waals surface area contributed by atoms with Crippen LogP contribution in [0.3, 0.4) is 0 Å². The van der Waals surface area contributed by atoms with Crippen LogP contribution in [0.25, 0.3) is 16.7 Å². The Kier molecular flexibility index (Phi) is 7.06. The number of aromatic nitrogens is 2. The number of aliphatic carboxylic acids is 1. The van der Waals surface area contributed by atoms with E-state index in [0.29, 0.717) is 28.0 Å². The van der Waals surface area contributed by atoms with Gasteiger partial charge in [-0.05, 0) is 55.3 Å². The van der Waals surface area contributed by atoms with Crippen LogP contribution in [0.5, 0.6) is 0 Å². The van der Waals surface area contributed by atoms with Crippen LogP contribution in [-0.4, -0.2) is 51.7 Å². The van der Waals surface area contributed by atoms with Crippen LogP contribution in [0.15, 0.2) is 36.5 Å². The summed E-state index contributed by atoms with van der Waals surface area (Å²) < 4.78 is 46.9. The van der Waals surface area contributed by atoms with Gasteiger partial charge in [0.05, 0.1) is 17.7 Å². The quantitative estimate of drug-likeness (QED) is 0.547. The molecule has 33 heavy (non-hydrogen) atoms. The van der Waals surface area contributed by atoms with Crippen LogP contribution in [-0.2, 0) is 33.5 Å². The fourth-order valence-electron chi connectivity index (χ4n) is 3.67. The number of nitrogens with zero attached hydrogens (tertiary/aromatic N) is 3. The predicted octanol–water partition coefficient (Wildman–Crippen LogP) is 3.97. The Balaban J connectivity index is 2.22. The van der Waals surface area contributed by atoms with Gasteiger partial charge in [-0.15, -0.1) is 0 Å². The van der Waals surface area contributed by atoms with E-state index < -0.39 is 17.7 Å². The number of carbonyl (C=O) groups is 2. The smallest absolute Gasteiger partial charge is 0.416 e. The second-order valence-electron chi connectivity index (χ2n) is 7.60. The molecule has 0 aliphatic rings. The maximum Gasteiger partial charge on any atom is 0.416 e. The normalized spacial score (nSPS) is 11.7. The summed E-state index contributed by atoms with van der Waals surface area (Å²) in [5.41, 5.74) is 1.37. The van der Waals surface area contributed by atoms with Gasteiger partial charge >= 0.3 is 12.1 Å². The lowest BCUT2D eigenvalue weighted by molar-refractivity contribution is -0.138. The minimum atomic E-state index is -4.57. The van der Waals surface area contributed by atoms with Gasteiger partial charge in [0.1, 0.15) is 12.3 Å². The number of hydrogen-bond donors (Lipinski definition) is 1. The number of fused-ring (bicyclic) bond motifs is 1. The zero-order chi connectivity index (χ0) is 24.3. The minimum absolute atomic E-state index is 0.0856. The van der Waals surface area contributed by atoms with Gasteiger partial charge in [0.15, 0.2) is 0 Å². The molecule has 0 aliphatic heterocycles. The second kappa shape index (κ2) is 9.62. The van der Waals surface area contributed by atoms with E-state index in [4.69, 9.17) is 4.74 Å². The fourth-order valence-corrected chi connectivity index (χ4v) is 3.67. The first-order valence-electron chi connectivity index (χ1n) is 10.2. The molecule has 2 aromatic heterocycles. The third-order valence-electron chi connectivity index (χ3n) is 5.24. The molecule has 0 saturated carbocycles. The average Bonchev–Trinajstić information content (AvgIpc) is 3.07. The molecule has 0 unspecified atom stereocenters. The number of amides is 1. The summed E-state index contributed by atoms with van der Waals surface area (Å²) in [6.45, 7) is 3.48. The molecule has 0 fully saturated rings. The lowest BCUT2D eigenvalue weighted by Crippen LogP contribution is -2.33. The number of hydrogen-bond acceptors (Lipinski definition) is 4. The molecule has 0 radical (unpaired) electrons. The Labute approximate surface area is 188 Å². The highest BCUT2D eigenvalue weighted by Crippen LogP contribution is 2.33. The van der Waals surface area contributed by atoms with E-state index in [1.54, 1.807) is 36.7 Å². The zero-order valence-corrected chi connectivity index (χ0v) is 18.4. The van der Waals surface area contributed by atoms with Crippen molar-refractivity contribution in [2.75, 3.05) is 20.3 Å². The molecular weight excluding hydrogens is 439 g/mol. The number of aryl methyl sites for hydroxylation is 1. The molecule has 7 nitrogen and oxygen atoms in total. The predicted molar refractivity (Wildman–Crippen MR) is 115 cm³/mol. The van der Waals surface area contributed by atoms with Crippen LogP contribution >= 0.6 is 0 Å². The number of carboxylic acid groups (broad SMARTS) is 1.